The Hall–Kier alpha value is -2.26. The summed E-state index contributed by atoms with van der Waals surface area (Å²) < 4.78 is 11.6. The number of carbonyl (C=O) groups is 2. The summed E-state index contributed by atoms with van der Waals surface area (Å²) in [5.74, 6) is 1.42. The highest BCUT2D eigenvalue weighted by Crippen LogP contribution is 2.41. The van der Waals surface area contributed by atoms with E-state index < -0.39 is 0 Å². The molecule has 3 rings (SSSR count). The standard InChI is InChI=1S/C18H21N3O4S2/c1-18(2)6-11-4-3-5-13(16(11)25-18)24-7-15(23)21-17-20-12(9-27-17)8-26-10-14(19)22/h3-5,9H,6-8,10H2,1-2H3,(H2,19,22)(H,20,21,23). The zero-order chi connectivity index (χ0) is 19.4. The number of hydrogen-bond donors (Lipinski definition) is 2. The Kier molecular flexibility index (Phi) is 5.91. The van der Waals surface area contributed by atoms with E-state index in [0.717, 1.165) is 17.7 Å². The van der Waals surface area contributed by atoms with Crippen molar-refractivity contribution in [3.05, 3.63) is 34.8 Å². The minimum atomic E-state index is -0.360. The number of benzene rings is 1. The second-order valence-corrected chi connectivity index (χ2v) is 8.57. The van der Waals surface area contributed by atoms with Gasteiger partial charge in [0.25, 0.3) is 5.91 Å². The number of thiazole rings is 1. The second kappa shape index (κ2) is 8.18. The number of aromatic nitrogens is 1. The Morgan fingerprint density at radius 3 is 3.04 bits per heavy atom. The topological polar surface area (TPSA) is 104 Å². The van der Waals surface area contributed by atoms with E-state index in [-0.39, 0.29) is 29.8 Å². The van der Waals surface area contributed by atoms with Gasteiger partial charge in [0.05, 0.1) is 11.4 Å². The number of nitrogens with one attached hydrogen (secondary N) is 1. The predicted molar refractivity (Wildman–Crippen MR) is 106 cm³/mol. The molecule has 2 amide bonds. The number of primary amides is 1. The largest absolute Gasteiger partial charge is 0.483 e. The molecule has 0 atom stereocenters. The molecule has 2 heterocycles. The Morgan fingerprint density at radius 1 is 1.44 bits per heavy atom. The Balaban J connectivity index is 1.51. The van der Waals surface area contributed by atoms with Gasteiger partial charge in [-0.25, -0.2) is 4.98 Å². The molecule has 0 saturated heterocycles. The van der Waals surface area contributed by atoms with Gasteiger partial charge in [-0.2, -0.15) is 0 Å². The first-order valence-corrected chi connectivity index (χ1v) is 10.4. The van der Waals surface area contributed by atoms with Crippen molar-refractivity contribution >= 4 is 40.0 Å². The summed E-state index contributed by atoms with van der Waals surface area (Å²) in [6, 6.07) is 5.70. The van der Waals surface area contributed by atoms with E-state index >= 15 is 0 Å². The minimum absolute atomic E-state index is 0.133. The summed E-state index contributed by atoms with van der Waals surface area (Å²) in [6.45, 7) is 3.90. The molecule has 0 bridgehead atoms. The van der Waals surface area contributed by atoms with Crippen LogP contribution in [0, 0.1) is 0 Å². The molecule has 1 aliphatic rings. The molecule has 7 nitrogen and oxygen atoms in total. The van der Waals surface area contributed by atoms with Crippen molar-refractivity contribution < 1.29 is 19.1 Å². The quantitative estimate of drug-likeness (QED) is 0.697. The highest BCUT2D eigenvalue weighted by molar-refractivity contribution is 7.99. The van der Waals surface area contributed by atoms with Crippen LogP contribution in [0.1, 0.15) is 25.1 Å². The molecule has 0 radical (unpaired) electrons. The third-order valence-corrected chi connectivity index (χ3v) is 5.50. The van der Waals surface area contributed by atoms with Crippen LogP contribution in [-0.4, -0.2) is 34.8 Å². The van der Waals surface area contributed by atoms with Gasteiger partial charge in [0.2, 0.25) is 5.91 Å². The molecule has 144 valence electrons. The fourth-order valence-electron chi connectivity index (χ4n) is 2.69. The van der Waals surface area contributed by atoms with Gasteiger partial charge >= 0.3 is 0 Å². The maximum Gasteiger partial charge on any atom is 0.264 e. The lowest BCUT2D eigenvalue weighted by Crippen LogP contribution is -2.25. The van der Waals surface area contributed by atoms with Crippen molar-refractivity contribution in [2.24, 2.45) is 5.73 Å². The van der Waals surface area contributed by atoms with Gasteiger partial charge in [0.15, 0.2) is 23.2 Å². The predicted octanol–water partition coefficient (Wildman–Crippen LogP) is 2.59. The molecule has 2 aromatic rings. The van der Waals surface area contributed by atoms with E-state index in [4.69, 9.17) is 15.2 Å². The number of para-hydroxylation sites is 1. The molecule has 1 aliphatic heterocycles. The van der Waals surface area contributed by atoms with E-state index in [0.29, 0.717) is 22.4 Å². The van der Waals surface area contributed by atoms with Gasteiger partial charge in [-0.05, 0) is 19.9 Å². The molecule has 0 aliphatic carbocycles. The first kappa shape index (κ1) is 19.5. The van der Waals surface area contributed by atoms with E-state index in [2.05, 4.69) is 10.3 Å². The minimum Gasteiger partial charge on any atom is -0.483 e. The van der Waals surface area contributed by atoms with Gasteiger partial charge in [-0.1, -0.05) is 12.1 Å². The molecule has 27 heavy (non-hydrogen) atoms. The van der Waals surface area contributed by atoms with Crippen molar-refractivity contribution in [2.75, 3.05) is 17.7 Å². The highest BCUT2D eigenvalue weighted by Gasteiger charge is 2.32. The molecule has 0 unspecified atom stereocenters. The molecular formula is C18H21N3O4S2. The van der Waals surface area contributed by atoms with Gasteiger partial charge in [-0.3, -0.25) is 14.9 Å². The number of nitrogens with zero attached hydrogens (tertiary/aromatic N) is 1. The SMILES string of the molecule is CC1(C)Cc2cccc(OCC(=O)Nc3nc(CSCC(N)=O)cs3)c2O1. The second-order valence-electron chi connectivity index (χ2n) is 6.72. The molecule has 0 spiro atoms. The lowest BCUT2D eigenvalue weighted by atomic mass is 10.0. The van der Waals surface area contributed by atoms with Crippen LogP contribution in [0.4, 0.5) is 5.13 Å². The van der Waals surface area contributed by atoms with Gasteiger partial charge in [-0.15, -0.1) is 23.1 Å². The Morgan fingerprint density at radius 2 is 2.26 bits per heavy atom. The van der Waals surface area contributed by atoms with Crippen LogP contribution >= 0.6 is 23.1 Å². The van der Waals surface area contributed by atoms with Crippen molar-refractivity contribution in [1.82, 2.24) is 4.98 Å². The average molecular weight is 408 g/mol. The third kappa shape index (κ3) is 5.36. The number of ether oxygens (including phenoxy) is 2. The van der Waals surface area contributed by atoms with Crippen LogP contribution in [0.5, 0.6) is 11.5 Å². The van der Waals surface area contributed by atoms with Crippen molar-refractivity contribution in [2.45, 2.75) is 31.6 Å². The lowest BCUT2D eigenvalue weighted by molar-refractivity contribution is -0.118. The number of fused-ring (bicyclic) bond motifs is 1. The number of anilines is 1. The van der Waals surface area contributed by atoms with Crippen molar-refractivity contribution in [1.29, 1.82) is 0 Å². The van der Waals surface area contributed by atoms with Gasteiger partial charge < -0.3 is 15.2 Å². The summed E-state index contributed by atoms with van der Waals surface area (Å²) in [4.78, 5) is 27.2. The number of carbonyl (C=O) groups excluding carboxylic acids is 2. The maximum absolute atomic E-state index is 12.1. The zero-order valence-electron chi connectivity index (χ0n) is 15.1. The first-order chi connectivity index (χ1) is 12.8. The maximum atomic E-state index is 12.1. The number of amides is 2. The first-order valence-electron chi connectivity index (χ1n) is 8.36. The van der Waals surface area contributed by atoms with Gasteiger partial charge in [0, 0.05) is 23.1 Å². The summed E-state index contributed by atoms with van der Waals surface area (Å²) in [5, 5.41) is 5.05. The Labute approximate surface area is 165 Å². The molecule has 0 fully saturated rings. The van der Waals surface area contributed by atoms with E-state index in [1.54, 1.807) is 6.07 Å². The van der Waals surface area contributed by atoms with Crippen LogP contribution in [0.25, 0.3) is 0 Å². The van der Waals surface area contributed by atoms with Crippen LogP contribution in [-0.2, 0) is 21.8 Å². The smallest absolute Gasteiger partial charge is 0.264 e. The van der Waals surface area contributed by atoms with Crippen LogP contribution < -0.4 is 20.5 Å². The number of rotatable bonds is 8. The molecule has 1 aromatic carbocycles. The average Bonchev–Trinajstić information content (AvgIpc) is 3.14. The molecule has 1 aromatic heterocycles. The fraction of sp³-hybridized carbons (Fsp3) is 0.389. The molecular weight excluding hydrogens is 386 g/mol. The number of thioether (sulfide) groups is 1. The summed E-state index contributed by atoms with van der Waals surface area (Å²) in [5.41, 5.74) is 6.70. The number of hydrogen-bond acceptors (Lipinski definition) is 7. The monoisotopic (exact) mass is 407 g/mol. The lowest BCUT2D eigenvalue weighted by Gasteiger charge is -2.18. The molecule has 0 saturated carbocycles. The fourth-order valence-corrected chi connectivity index (χ4v) is 4.18. The van der Waals surface area contributed by atoms with E-state index in [9.17, 15) is 9.59 Å². The van der Waals surface area contributed by atoms with Crippen LogP contribution in [0.15, 0.2) is 23.6 Å². The van der Waals surface area contributed by atoms with E-state index in [1.807, 2.05) is 31.4 Å². The zero-order valence-corrected chi connectivity index (χ0v) is 16.7. The molecule has 9 heteroatoms. The molecule has 3 N–H and O–H groups in total. The summed E-state index contributed by atoms with van der Waals surface area (Å²) in [6.07, 6.45) is 0.807. The summed E-state index contributed by atoms with van der Waals surface area (Å²) in [7, 11) is 0. The van der Waals surface area contributed by atoms with Crippen molar-refractivity contribution in [3.63, 3.8) is 0 Å². The normalized spacial score (nSPS) is 14.3. The third-order valence-electron chi connectivity index (χ3n) is 3.71. The van der Waals surface area contributed by atoms with E-state index in [1.165, 1.54) is 23.1 Å². The van der Waals surface area contributed by atoms with Gasteiger partial charge in [0.1, 0.15) is 5.60 Å². The summed E-state index contributed by atoms with van der Waals surface area (Å²) >= 11 is 2.71. The van der Waals surface area contributed by atoms with Crippen LogP contribution in [0.2, 0.25) is 0 Å². The Bertz CT molecular complexity index is 851. The van der Waals surface area contributed by atoms with Crippen molar-refractivity contribution in [3.8, 4) is 11.5 Å². The number of nitrogens with two attached hydrogens (primary N) is 1. The van der Waals surface area contributed by atoms with Crippen LogP contribution in [0.3, 0.4) is 0 Å². The highest BCUT2D eigenvalue weighted by atomic mass is 32.2.